The van der Waals surface area contributed by atoms with Gasteiger partial charge in [-0.2, -0.15) is 0 Å². The van der Waals surface area contributed by atoms with Gasteiger partial charge < -0.3 is 9.13 Å². The largest absolute Gasteiger partial charge is 0.315 e. The standard InChI is InChI=1S/C26H33N5.2C2H6/c1-7-10-19(3)31-18-24(14-15-26(31)27-6)25-17-22(8-2)12-13-23(25)11-9-16-30-20(4)28-29-21(30)5;2*1-2/h8,12-15,17-18H,2-3,7,9-11,16H2,1,4-6H3;2*1-2H3. The van der Waals surface area contributed by atoms with E-state index in [-0.39, 0.29) is 0 Å². The predicted molar refractivity (Wildman–Crippen MR) is 152 cm³/mol. The monoisotopic (exact) mass is 475 g/mol. The van der Waals surface area contributed by atoms with Crippen molar-refractivity contribution in [3.8, 4) is 11.1 Å². The van der Waals surface area contributed by atoms with E-state index in [2.05, 4.69) is 80.9 Å². The molecule has 3 rings (SSSR count). The van der Waals surface area contributed by atoms with Crippen LogP contribution in [0.4, 0.5) is 0 Å². The number of allylic oxidation sites excluding steroid dienone is 1. The lowest BCUT2D eigenvalue weighted by Gasteiger charge is -2.16. The second kappa shape index (κ2) is 15.6. The molecule has 0 radical (unpaired) electrons. The maximum atomic E-state index is 4.43. The molecule has 5 nitrogen and oxygen atoms in total. The van der Waals surface area contributed by atoms with Gasteiger partial charge in [0.2, 0.25) is 0 Å². The van der Waals surface area contributed by atoms with Crippen LogP contribution in [-0.2, 0) is 13.0 Å². The van der Waals surface area contributed by atoms with Gasteiger partial charge in [-0.15, -0.1) is 10.2 Å². The molecule has 190 valence electrons. The summed E-state index contributed by atoms with van der Waals surface area (Å²) in [5.41, 5.74) is 6.82. The summed E-state index contributed by atoms with van der Waals surface area (Å²) in [6.07, 6.45) is 8.05. The van der Waals surface area contributed by atoms with Crippen molar-refractivity contribution in [3.63, 3.8) is 0 Å². The van der Waals surface area contributed by atoms with E-state index in [0.717, 1.165) is 60.6 Å². The second-order valence-corrected chi connectivity index (χ2v) is 7.86. The Kier molecular flexibility index (Phi) is 13.3. The highest BCUT2D eigenvalue weighted by atomic mass is 15.3. The van der Waals surface area contributed by atoms with Crippen molar-refractivity contribution < 1.29 is 0 Å². The van der Waals surface area contributed by atoms with E-state index < -0.39 is 0 Å². The van der Waals surface area contributed by atoms with E-state index in [9.17, 15) is 0 Å². The Labute approximate surface area is 213 Å². The fraction of sp³-hybridized carbons (Fsp3) is 0.433. The van der Waals surface area contributed by atoms with Crippen molar-refractivity contribution in [3.05, 3.63) is 77.9 Å². The SMILES string of the molecule is C=Cc1ccc(CCCn2c(C)nnc2C)c(-c2ccc(=NC)n(C(=C)CCC)c2)c1.CC.CC. The number of pyridine rings is 1. The van der Waals surface area contributed by atoms with Gasteiger partial charge in [0.25, 0.3) is 0 Å². The molecule has 0 saturated heterocycles. The number of benzene rings is 1. The van der Waals surface area contributed by atoms with Crippen LogP contribution in [0.25, 0.3) is 22.9 Å². The zero-order valence-corrected chi connectivity index (χ0v) is 23.2. The number of hydrogen-bond acceptors (Lipinski definition) is 3. The lowest BCUT2D eigenvalue weighted by Crippen LogP contribution is -2.19. The molecule has 35 heavy (non-hydrogen) atoms. The van der Waals surface area contributed by atoms with E-state index in [1.54, 1.807) is 0 Å². The second-order valence-electron chi connectivity index (χ2n) is 7.86. The Bertz CT molecular complexity index is 1130. The topological polar surface area (TPSA) is 48.0 Å². The average Bonchev–Trinajstić information content (AvgIpc) is 3.23. The minimum absolute atomic E-state index is 0.911. The molecule has 0 fully saturated rings. The Balaban J connectivity index is 0.00000145. The summed E-state index contributed by atoms with van der Waals surface area (Å²) in [5, 5.41) is 8.34. The van der Waals surface area contributed by atoms with E-state index in [0.29, 0.717) is 0 Å². The van der Waals surface area contributed by atoms with E-state index in [4.69, 9.17) is 0 Å². The highest BCUT2D eigenvalue weighted by Gasteiger charge is 2.10. The van der Waals surface area contributed by atoms with Crippen LogP contribution in [0.1, 0.15) is 76.7 Å². The van der Waals surface area contributed by atoms with Crippen molar-refractivity contribution in [2.45, 2.75) is 80.7 Å². The third-order valence-electron chi connectivity index (χ3n) is 5.66. The molecule has 0 atom stereocenters. The van der Waals surface area contributed by atoms with Crippen LogP contribution in [0, 0.1) is 13.8 Å². The first-order valence-corrected chi connectivity index (χ1v) is 12.9. The van der Waals surface area contributed by atoms with Crippen molar-refractivity contribution in [2.24, 2.45) is 4.99 Å². The van der Waals surface area contributed by atoms with Gasteiger partial charge >= 0.3 is 0 Å². The van der Waals surface area contributed by atoms with Gasteiger partial charge in [0.05, 0.1) is 0 Å². The summed E-state index contributed by atoms with van der Waals surface area (Å²) in [7, 11) is 1.82. The van der Waals surface area contributed by atoms with Crippen LogP contribution in [-0.4, -0.2) is 26.4 Å². The average molecular weight is 476 g/mol. The molecule has 0 amide bonds. The van der Waals surface area contributed by atoms with Crippen LogP contribution < -0.4 is 5.49 Å². The van der Waals surface area contributed by atoms with Gasteiger partial charge in [-0.1, -0.05) is 72.4 Å². The Morgan fingerprint density at radius 3 is 2.26 bits per heavy atom. The van der Waals surface area contributed by atoms with Crippen LogP contribution >= 0.6 is 0 Å². The maximum Gasteiger partial charge on any atom is 0.131 e. The lowest BCUT2D eigenvalue weighted by atomic mass is 9.95. The number of hydrogen-bond donors (Lipinski definition) is 0. The fourth-order valence-corrected chi connectivity index (χ4v) is 3.94. The molecule has 0 aliphatic heterocycles. The third kappa shape index (κ3) is 7.91. The summed E-state index contributed by atoms with van der Waals surface area (Å²) in [4.78, 5) is 4.43. The number of aryl methyl sites for hydroxylation is 3. The predicted octanol–water partition coefficient (Wildman–Crippen LogP) is 7.49. The number of nitrogens with zero attached hydrogens (tertiary/aromatic N) is 5. The summed E-state index contributed by atoms with van der Waals surface area (Å²) in [6, 6.07) is 10.8. The molecule has 0 aliphatic rings. The highest BCUT2D eigenvalue weighted by molar-refractivity contribution is 5.71. The summed E-state index contributed by atoms with van der Waals surface area (Å²) >= 11 is 0. The highest BCUT2D eigenvalue weighted by Crippen LogP contribution is 2.27. The molecular weight excluding hydrogens is 430 g/mol. The van der Waals surface area contributed by atoms with Gasteiger partial charge in [-0.25, -0.2) is 0 Å². The van der Waals surface area contributed by atoms with Gasteiger partial charge in [-0.05, 0) is 73.6 Å². The number of aromatic nitrogens is 4. The zero-order chi connectivity index (χ0) is 26.4. The minimum Gasteiger partial charge on any atom is -0.315 e. The molecule has 0 saturated carbocycles. The summed E-state index contributed by atoms with van der Waals surface area (Å²) in [5.74, 6) is 1.93. The zero-order valence-electron chi connectivity index (χ0n) is 23.2. The summed E-state index contributed by atoms with van der Waals surface area (Å²) in [6.45, 7) is 23.3. The molecule has 5 heteroatoms. The molecular formula is C30H45N5. The Hall–Kier alpha value is -3.21. The van der Waals surface area contributed by atoms with Crippen LogP contribution in [0.3, 0.4) is 0 Å². The van der Waals surface area contributed by atoms with Gasteiger partial charge in [0.1, 0.15) is 17.1 Å². The molecule has 2 heterocycles. The third-order valence-corrected chi connectivity index (χ3v) is 5.66. The van der Waals surface area contributed by atoms with Gasteiger partial charge in [0.15, 0.2) is 0 Å². The molecule has 0 N–H and O–H groups in total. The first-order chi connectivity index (χ1) is 17.0. The lowest BCUT2D eigenvalue weighted by molar-refractivity contribution is 0.611. The fourth-order valence-electron chi connectivity index (χ4n) is 3.94. The first kappa shape index (κ1) is 29.8. The quantitative estimate of drug-likeness (QED) is 0.322. The smallest absolute Gasteiger partial charge is 0.131 e. The molecule has 2 aromatic heterocycles. The van der Waals surface area contributed by atoms with Crippen molar-refractivity contribution in [1.82, 2.24) is 19.3 Å². The van der Waals surface area contributed by atoms with Gasteiger partial charge in [-0.3, -0.25) is 4.99 Å². The van der Waals surface area contributed by atoms with Crippen molar-refractivity contribution >= 4 is 11.8 Å². The van der Waals surface area contributed by atoms with Crippen molar-refractivity contribution in [1.29, 1.82) is 0 Å². The molecule has 0 spiro atoms. The van der Waals surface area contributed by atoms with E-state index in [1.165, 1.54) is 16.7 Å². The van der Waals surface area contributed by atoms with Crippen LogP contribution in [0.5, 0.6) is 0 Å². The van der Waals surface area contributed by atoms with E-state index >= 15 is 0 Å². The molecule has 0 bridgehead atoms. The normalized spacial score (nSPS) is 10.7. The summed E-state index contributed by atoms with van der Waals surface area (Å²) < 4.78 is 4.30. The van der Waals surface area contributed by atoms with Gasteiger partial charge in [0, 0.05) is 25.5 Å². The maximum absolute atomic E-state index is 4.43. The molecule has 0 unspecified atom stereocenters. The Morgan fingerprint density at radius 1 is 1.03 bits per heavy atom. The van der Waals surface area contributed by atoms with Crippen molar-refractivity contribution in [2.75, 3.05) is 7.05 Å². The van der Waals surface area contributed by atoms with Crippen LogP contribution in [0.15, 0.2) is 54.7 Å². The first-order valence-electron chi connectivity index (χ1n) is 12.9. The van der Waals surface area contributed by atoms with Crippen LogP contribution in [0.2, 0.25) is 0 Å². The molecule has 0 aliphatic carbocycles. The van der Waals surface area contributed by atoms with E-state index in [1.807, 2.05) is 54.7 Å². The Morgan fingerprint density at radius 2 is 1.69 bits per heavy atom. The minimum atomic E-state index is 0.911. The number of rotatable bonds is 9. The molecule has 3 aromatic rings. The molecule has 1 aromatic carbocycles.